The summed E-state index contributed by atoms with van der Waals surface area (Å²) in [5.74, 6) is -0.912. The Hall–Kier alpha value is -0.610. The number of hydrogen-bond acceptors (Lipinski definition) is 3. The van der Waals surface area contributed by atoms with E-state index in [0.717, 1.165) is 6.54 Å². The van der Waals surface area contributed by atoms with Gasteiger partial charge in [0.15, 0.2) is 0 Å². The summed E-state index contributed by atoms with van der Waals surface area (Å²) in [5.41, 5.74) is 5.32. The van der Waals surface area contributed by atoms with Crippen molar-refractivity contribution in [2.24, 2.45) is 5.73 Å². The molecule has 0 saturated heterocycles. The van der Waals surface area contributed by atoms with Crippen LogP contribution >= 0.6 is 0 Å². The molecule has 1 rings (SSSR count). The van der Waals surface area contributed by atoms with Crippen molar-refractivity contribution >= 4 is 5.97 Å². The van der Waals surface area contributed by atoms with E-state index in [9.17, 15) is 4.79 Å². The summed E-state index contributed by atoms with van der Waals surface area (Å²) in [6.07, 6.45) is 4.26. The first-order chi connectivity index (χ1) is 5.70. The van der Waals surface area contributed by atoms with Gasteiger partial charge in [-0.25, -0.2) is 0 Å². The first kappa shape index (κ1) is 9.48. The fraction of sp³-hybridized carbons (Fsp3) is 0.875. The van der Waals surface area contributed by atoms with Crippen LogP contribution in [-0.2, 0) is 4.79 Å². The fourth-order valence-corrected chi connectivity index (χ4v) is 1.18. The van der Waals surface area contributed by atoms with Crippen LogP contribution in [0.25, 0.3) is 0 Å². The van der Waals surface area contributed by atoms with Crippen LogP contribution in [0, 0.1) is 0 Å². The summed E-state index contributed by atoms with van der Waals surface area (Å²) in [6.45, 7) is 0.720. The first-order valence-electron chi connectivity index (χ1n) is 4.42. The number of rotatable bonds is 5. The van der Waals surface area contributed by atoms with Gasteiger partial charge in [-0.15, -0.1) is 0 Å². The molecule has 1 aliphatic rings. The predicted molar refractivity (Wildman–Crippen MR) is 45.9 cm³/mol. The fourth-order valence-electron chi connectivity index (χ4n) is 1.18. The van der Waals surface area contributed by atoms with Crippen LogP contribution in [0.15, 0.2) is 0 Å². The lowest BCUT2D eigenvalue weighted by molar-refractivity contribution is -0.138. The zero-order valence-corrected chi connectivity index (χ0v) is 7.12. The van der Waals surface area contributed by atoms with E-state index >= 15 is 0 Å². The van der Waals surface area contributed by atoms with Crippen molar-refractivity contribution in [2.75, 3.05) is 6.54 Å². The number of hydrogen-bond donors (Lipinski definition) is 3. The predicted octanol–water partition coefficient (Wildman–Crippen LogP) is -0.0695. The van der Waals surface area contributed by atoms with E-state index in [0.29, 0.717) is 12.5 Å². The second-order valence-corrected chi connectivity index (χ2v) is 3.32. The Bertz CT molecular complexity index is 157. The van der Waals surface area contributed by atoms with Crippen molar-refractivity contribution in [2.45, 2.75) is 37.8 Å². The van der Waals surface area contributed by atoms with Crippen molar-refractivity contribution in [3.05, 3.63) is 0 Å². The van der Waals surface area contributed by atoms with E-state index in [2.05, 4.69) is 5.32 Å². The number of carboxylic acids is 1. The molecular weight excluding hydrogens is 156 g/mol. The van der Waals surface area contributed by atoms with Crippen molar-refractivity contribution in [1.29, 1.82) is 0 Å². The molecule has 0 amide bonds. The van der Waals surface area contributed by atoms with Crippen LogP contribution < -0.4 is 11.1 Å². The van der Waals surface area contributed by atoms with E-state index < -0.39 is 12.0 Å². The summed E-state index contributed by atoms with van der Waals surface area (Å²) in [5, 5.41) is 11.7. The molecule has 1 fully saturated rings. The van der Waals surface area contributed by atoms with E-state index in [1.165, 1.54) is 19.3 Å². The molecule has 0 bridgehead atoms. The third kappa shape index (κ3) is 2.79. The molecule has 1 saturated carbocycles. The molecule has 0 aromatic rings. The van der Waals surface area contributed by atoms with E-state index in [-0.39, 0.29) is 0 Å². The third-order valence-corrected chi connectivity index (χ3v) is 2.31. The summed E-state index contributed by atoms with van der Waals surface area (Å²) in [4.78, 5) is 10.3. The Morgan fingerprint density at radius 2 is 2.33 bits per heavy atom. The van der Waals surface area contributed by atoms with Crippen molar-refractivity contribution in [3.63, 3.8) is 0 Å². The minimum atomic E-state index is -0.912. The zero-order chi connectivity index (χ0) is 8.97. The van der Waals surface area contributed by atoms with Crippen molar-refractivity contribution in [1.82, 2.24) is 5.32 Å². The summed E-state index contributed by atoms with van der Waals surface area (Å²) in [7, 11) is 0. The molecule has 0 aromatic heterocycles. The van der Waals surface area contributed by atoms with Crippen molar-refractivity contribution in [3.8, 4) is 0 Å². The number of carboxylic acid groups (broad SMARTS) is 1. The molecule has 4 nitrogen and oxygen atoms in total. The monoisotopic (exact) mass is 172 g/mol. The van der Waals surface area contributed by atoms with Gasteiger partial charge in [-0.1, -0.05) is 6.42 Å². The minimum Gasteiger partial charge on any atom is -0.480 e. The quantitative estimate of drug-likeness (QED) is 0.542. The average Bonchev–Trinajstić information content (AvgIpc) is 1.93. The van der Waals surface area contributed by atoms with Gasteiger partial charge in [-0.2, -0.15) is 0 Å². The highest BCUT2D eigenvalue weighted by molar-refractivity contribution is 5.72. The normalized spacial score (nSPS) is 20.1. The Balaban J connectivity index is 1.97. The van der Waals surface area contributed by atoms with Gasteiger partial charge in [-0.3, -0.25) is 4.79 Å². The average molecular weight is 172 g/mol. The number of nitrogens with one attached hydrogen (secondary N) is 1. The van der Waals surface area contributed by atoms with E-state index in [4.69, 9.17) is 10.8 Å². The molecule has 0 radical (unpaired) electrons. The molecule has 70 valence electrons. The van der Waals surface area contributed by atoms with E-state index in [1.807, 2.05) is 0 Å². The molecule has 1 atom stereocenters. The van der Waals surface area contributed by atoms with E-state index in [1.54, 1.807) is 0 Å². The molecule has 4 heteroatoms. The Morgan fingerprint density at radius 3 is 2.75 bits per heavy atom. The maximum atomic E-state index is 10.3. The molecular formula is C8H16N2O2. The highest BCUT2D eigenvalue weighted by Crippen LogP contribution is 2.17. The summed E-state index contributed by atoms with van der Waals surface area (Å²) < 4.78 is 0. The first-order valence-corrected chi connectivity index (χ1v) is 4.42. The van der Waals surface area contributed by atoms with Gasteiger partial charge in [0, 0.05) is 6.04 Å². The van der Waals surface area contributed by atoms with Crippen LogP contribution in [0.2, 0.25) is 0 Å². The number of nitrogens with two attached hydrogens (primary N) is 1. The van der Waals surface area contributed by atoms with Crippen LogP contribution in [0.3, 0.4) is 0 Å². The van der Waals surface area contributed by atoms with Gasteiger partial charge >= 0.3 is 5.97 Å². The lowest BCUT2D eigenvalue weighted by Crippen LogP contribution is -2.39. The van der Waals surface area contributed by atoms with Gasteiger partial charge in [0.1, 0.15) is 6.04 Å². The standard InChI is InChI=1S/C8H16N2O2/c9-7(8(11)12)4-5-10-6-2-1-3-6/h6-7,10H,1-5,9H2,(H,11,12). The summed E-state index contributed by atoms with van der Waals surface area (Å²) in [6, 6.07) is -0.0939. The number of carbonyl (C=O) groups is 1. The van der Waals surface area contributed by atoms with Crippen LogP contribution in [-0.4, -0.2) is 29.7 Å². The van der Waals surface area contributed by atoms with Gasteiger partial charge < -0.3 is 16.2 Å². The largest absolute Gasteiger partial charge is 0.480 e. The smallest absolute Gasteiger partial charge is 0.320 e. The number of aliphatic carboxylic acids is 1. The maximum Gasteiger partial charge on any atom is 0.320 e. The van der Waals surface area contributed by atoms with Crippen LogP contribution in [0.1, 0.15) is 25.7 Å². The molecule has 0 heterocycles. The van der Waals surface area contributed by atoms with Crippen molar-refractivity contribution < 1.29 is 9.90 Å². The Morgan fingerprint density at radius 1 is 1.67 bits per heavy atom. The molecule has 0 spiro atoms. The lowest BCUT2D eigenvalue weighted by atomic mass is 9.93. The molecule has 12 heavy (non-hydrogen) atoms. The summed E-state index contributed by atoms with van der Waals surface area (Å²) >= 11 is 0. The Kier molecular flexibility index (Phi) is 3.49. The lowest BCUT2D eigenvalue weighted by Gasteiger charge is -2.26. The van der Waals surface area contributed by atoms with Gasteiger partial charge in [-0.05, 0) is 25.8 Å². The van der Waals surface area contributed by atoms with Crippen LogP contribution in [0.5, 0.6) is 0 Å². The topological polar surface area (TPSA) is 75.3 Å². The maximum absolute atomic E-state index is 10.3. The minimum absolute atomic E-state index is 0.520. The molecule has 0 aliphatic heterocycles. The third-order valence-electron chi connectivity index (χ3n) is 2.31. The molecule has 1 aliphatic carbocycles. The second-order valence-electron chi connectivity index (χ2n) is 3.32. The highest BCUT2D eigenvalue weighted by Gasteiger charge is 2.17. The second kappa shape index (κ2) is 4.42. The SMILES string of the molecule is NC(CCNC1CCC1)C(=O)O. The van der Waals surface area contributed by atoms with Gasteiger partial charge in [0.2, 0.25) is 0 Å². The molecule has 4 N–H and O–H groups in total. The molecule has 0 aromatic carbocycles. The zero-order valence-electron chi connectivity index (χ0n) is 7.12. The Labute approximate surface area is 72.1 Å². The highest BCUT2D eigenvalue weighted by atomic mass is 16.4. The van der Waals surface area contributed by atoms with Gasteiger partial charge in [0.05, 0.1) is 0 Å². The molecule has 1 unspecified atom stereocenters. The van der Waals surface area contributed by atoms with Gasteiger partial charge in [0.25, 0.3) is 0 Å². The van der Waals surface area contributed by atoms with Crippen LogP contribution in [0.4, 0.5) is 0 Å².